The van der Waals surface area contributed by atoms with Crippen molar-refractivity contribution >= 4 is 19.8 Å². The van der Waals surface area contributed by atoms with Gasteiger partial charge in [0.2, 0.25) is 0 Å². The summed E-state index contributed by atoms with van der Waals surface area (Å²) in [5.74, 6) is -1.07. The van der Waals surface area contributed by atoms with Gasteiger partial charge in [-0.3, -0.25) is 18.6 Å². The van der Waals surface area contributed by atoms with E-state index in [0.29, 0.717) is 25.7 Å². The Morgan fingerprint density at radius 2 is 1.10 bits per heavy atom. The fourth-order valence-electron chi connectivity index (χ4n) is 5.45. The van der Waals surface area contributed by atoms with Gasteiger partial charge in [0.15, 0.2) is 6.10 Å². The van der Waals surface area contributed by atoms with E-state index in [0.717, 1.165) is 51.4 Å². The summed E-state index contributed by atoms with van der Waals surface area (Å²) in [6.07, 6.45) is 43.2. The number of phosphoric acid groups is 1. The quantitative estimate of drug-likeness (QED) is 0.0152. The van der Waals surface area contributed by atoms with E-state index >= 15 is 0 Å². The molecule has 0 saturated carbocycles. The molecule has 0 aromatic carbocycles. The lowest BCUT2D eigenvalue weighted by Crippen LogP contribution is -2.29. The number of allylic oxidation sites excluding steroid dienone is 10. The van der Waals surface area contributed by atoms with Crippen LogP contribution in [0.3, 0.4) is 0 Å². The lowest BCUT2D eigenvalue weighted by atomic mass is 10.1. The van der Waals surface area contributed by atoms with Crippen LogP contribution in [0.2, 0.25) is 0 Å². The first-order chi connectivity index (χ1) is 28.1. The fourth-order valence-corrected chi connectivity index (χ4v) is 6.24. The molecule has 0 amide bonds. The van der Waals surface area contributed by atoms with E-state index in [9.17, 15) is 29.3 Å². The maximum Gasteiger partial charge on any atom is 0.472 e. The summed E-state index contributed by atoms with van der Waals surface area (Å²) in [6.45, 7) is 2.14. The molecule has 12 heteroatoms. The molecule has 0 rings (SSSR count). The number of hydrogen-bond donors (Lipinski definition) is 4. The van der Waals surface area contributed by atoms with Gasteiger partial charge < -0.3 is 29.7 Å². The van der Waals surface area contributed by atoms with E-state index in [4.69, 9.17) is 19.1 Å². The van der Waals surface area contributed by atoms with Gasteiger partial charge in [0.25, 0.3) is 0 Å². The molecule has 0 saturated heterocycles. The zero-order valence-electron chi connectivity index (χ0n) is 35.8. The minimum atomic E-state index is -4.66. The maximum atomic E-state index is 12.6. The number of carbonyl (C=O) groups is 2. The summed E-state index contributed by atoms with van der Waals surface area (Å²) in [5, 5.41) is 28.5. The van der Waals surface area contributed by atoms with E-state index in [1.54, 1.807) is 12.2 Å². The van der Waals surface area contributed by atoms with Gasteiger partial charge >= 0.3 is 19.8 Å². The van der Waals surface area contributed by atoms with Crippen molar-refractivity contribution in [2.45, 2.75) is 180 Å². The van der Waals surface area contributed by atoms with E-state index in [-0.39, 0.29) is 19.4 Å². The first kappa shape index (κ1) is 55.4. The van der Waals surface area contributed by atoms with Gasteiger partial charge in [-0.15, -0.1) is 0 Å². The molecule has 0 spiro atoms. The highest BCUT2D eigenvalue weighted by molar-refractivity contribution is 7.47. The summed E-state index contributed by atoms with van der Waals surface area (Å²) in [6, 6.07) is 0. The molecule has 0 heterocycles. The van der Waals surface area contributed by atoms with Crippen molar-refractivity contribution in [1.82, 2.24) is 0 Å². The summed E-state index contributed by atoms with van der Waals surface area (Å²) in [7, 11) is -4.66. The Morgan fingerprint density at radius 1 is 0.586 bits per heavy atom. The van der Waals surface area contributed by atoms with Gasteiger partial charge in [-0.25, -0.2) is 4.57 Å². The van der Waals surface area contributed by atoms with Crippen LogP contribution in [-0.2, 0) is 32.7 Å². The lowest BCUT2D eigenvalue weighted by Gasteiger charge is -2.20. The van der Waals surface area contributed by atoms with Crippen LogP contribution < -0.4 is 0 Å². The van der Waals surface area contributed by atoms with Gasteiger partial charge in [-0.1, -0.05) is 145 Å². The van der Waals surface area contributed by atoms with Crippen molar-refractivity contribution in [3.05, 3.63) is 72.9 Å². The van der Waals surface area contributed by atoms with Gasteiger partial charge in [0, 0.05) is 12.8 Å². The Bertz CT molecular complexity index is 1210. The third kappa shape index (κ3) is 40.2. The van der Waals surface area contributed by atoms with Crippen molar-refractivity contribution < 1.29 is 52.9 Å². The highest BCUT2D eigenvalue weighted by Gasteiger charge is 2.27. The second kappa shape index (κ2) is 41.1. The fraction of sp³-hybridized carbons (Fsp3) is 0.696. The summed E-state index contributed by atoms with van der Waals surface area (Å²) >= 11 is 0. The molecular formula is C46H79O11P. The summed E-state index contributed by atoms with van der Waals surface area (Å²) in [5.41, 5.74) is 0. The van der Waals surface area contributed by atoms with Crippen molar-refractivity contribution in [3.63, 3.8) is 0 Å². The molecule has 0 aliphatic carbocycles. The van der Waals surface area contributed by atoms with Crippen LogP contribution in [0.5, 0.6) is 0 Å². The monoisotopic (exact) mass is 839 g/mol. The van der Waals surface area contributed by atoms with Crippen LogP contribution >= 0.6 is 7.82 Å². The SMILES string of the molecule is CCCCC/C=C\C/C=C\CCCCCCCCCC(=O)O[C@H](COC(=O)CCC/C=C/C=C\C(O)C/C=C\C/C=C\CCCCC)COP(=O)(O)OC[C@@H](O)CO. The molecule has 4 atom stereocenters. The van der Waals surface area contributed by atoms with E-state index in [2.05, 4.69) is 60.9 Å². The average Bonchev–Trinajstić information content (AvgIpc) is 3.21. The largest absolute Gasteiger partial charge is 0.472 e. The molecule has 0 aliphatic heterocycles. The maximum absolute atomic E-state index is 12.6. The number of unbranched alkanes of at least 4 members (excludes halogenated alkanes) is 14. The third-order valence-corrected chi connectivity index (χ3v) is 9.86. The Hall–Kier alpha value is -2.63. The van der Waals surface area contributed by atoms with Crippen LogP contribution in [-0.4, -0.2) is 76.9 Å². The van der Waals surface area contributed by atoms with Crippen LogP contribution in [0.15, 0.2) is 72.9 Å². The predicted octanol–water partition coefficient (Wildman–Crippen LogP) is 10.6. The van der Waals surface area contributed by atoms with Crippen LogP contribution in [0, 0.1) is 0 Å². The van der Waals surface area contributed by atoms with E-state index in [1.165, 1.54) is 57.8 Å². The topological polar surface area (TPSA) is 169 Å². The molecule has 11 nitrogen and oxygen atoms in total. The number of rotatable bonds is 40. The second-order valence-electron chi connectivity index (χ2n) is 14.6. The van der Waals surface area contributed by atoms with Crippen LogP contribution in [0.1, 0.15) is 162 Å². The first-order valence-electron chi connectivity index (χ1n) is 22.0. The van der Waals surface area contributed by atoms with E-state index in [1.807, 2.05) is 18.2 Å². The summed E-state index contributed by atoms with van der Waals surface area (Å²) < 4.78 is 32.6. The molecule has 0 aromatic rings. The molecule has 0 bridgehead atoms. The van der Waals surface area contributed by atoms with Gasteiger partial charge in [0.1, 0.15) is 12.7 Å². The molecule has 0 aliphatic rings. The Labute approximate surface area is 351 Å². The highest BCUT2D eigenvalue weighted by atomic mass is 31.2. The molecule has 0 fully saturated rings. The zero-order valence-corrected chi connectivity index (χ0v) is 36.7. The zero-order chi connectivity index (χ0) is 42.8. The van der Waals surface area contributed by atoms with Gasteiger partial charge in [-0.05, 0) is 77.0 Å². The van der Waals surface area contributed by atoms with Gasteiger partial charge in [-0.2, -0.15) is 0 Å². The Morgan fingerprint density at radius 3 is 1.71 bits per heavy atom. The normalized spacial score (nSPS) is 15.1. The average molecular weight is 839 g/mol. The number of aliphatic hydroxyl groups is 3. The van der Waals surface area contributed by atoms with Gasteiger partial charge in [0.05, 0.1) is 25.9 Å². The molecule has 4 N–H and O–H groups in total. The number of hydrogen-bond acceptors (Lipinski definition) is 10. The number of esters is 2. The van der Waals surface area contributed by atoms with Crippen LogP contribution in [0.25, 0.3) is 0 Å². The standard InChI is InChI=1S/C46H79O11P/c1-3-5-7-9-11-13-14-15-16-17-18-19-20-22-24-28-33-37-46(51)57-44(41-56-58(52,53)55-39-43(49)38-47)40-54-45(50)36-32-29-25-27-31-35-42(48)34-30-26-23-21-12-10-8-6-4-2/h11-13,15-16,21,25-27,30-31,35,42-44,47-49H,3-10,14,17-20,22-24,28-29,32-34,36-41H2,1-2H3,(H,52,53)/b13-11-,16-15-,21-12-,27-25+,30-26-,35-31-/t42?,43-,44+/m0/s1. The van der Waals surface area contributed by atoms with Crippen LogP contribution in [0.4, 0.5) is 0 Å². The Kier molecular flexibility index (Phi) is 39.3. The summed E-state index contributed by atoms with van der Waals surface area (Å²) in [4.78, 5) is 35.0. The minimum Gasteiger partial charge on any atom is -0.462 e. The molecule has 0 aromatic heterocycles. The highest BCUT2D eigenvalue weighted by Crippen LogP contribution is 2.43. The number of aliphatic hydroxyl groups excluding tert-OH is 3. The Balaban J connectivity index is 4.49. The predicted molar refractivity (Wildman–Crippen MR) is 234 cm³/mol. The number of phosphoric ester groups is 1. The molecular weight excluding hydrogens is 759 g/mol. The smallest absolute Gasteiger partial charge is 0.462 e. The number of ether oxygens (including phenoxy) is 2. The first-order valence-corrected chi connectivity index (χ1v) is 23.5. The van der Waals surface area contributed by atoms with Crippen molar-refractivity contribution in [1.29, 1.82) is 0 Å². The molecule has 0 radical (unpaired) electrons. The third-order valence-electron chi connectivity index (χ3n) is 8.91. The van der Waals surface area contributed by atoms with Crippen molar-refractivity contribution in [2.24, 2.45) is 0 Å². The van der Waals surface area contributed by atoms with Crippen molar-refractivity contribution in [3.8, 4) is 0 Å². The second-order valence-corrected chi connectivity index (χ2v) is 16.0. The van der Waals surface area contributed by atoms with E-state index < -0.39 is 57.9 Å². The number of carbonyl (C=O) groups excluding carboxylic acids is 2. The molecule has 58 heavy (non-hydrogen) atoms. The molecule has 334 valence electrons. The minimum absolute atomic E-state index is 0.101. The lowest BCUT2D eigenvalue weighted by molar-refractivity contribution is -0.161. The van der Waals surface area contributed by atoms with Crippen molar-refractivity contribution in [2.75, 3.05) is 26.4 Å². The molecule has 2 unspecified atom stereocenters.